The highest BCUT2D eigenvalue weighted by molar-refractivity contribution is 7.94. The van der Waals surface area contributed by atoms with Gasteiger partial charge in [0.2, 0.25) is 11.7 Å². The third kappa shape index (κ3) is 3.79. The van der Waals surface area contributed by atoms with Gasteiger partial charge in [-0.05, 0) is 31.5 Å². The largest absolute Gasteiger partial charge is 0.339 e. The smallest absolute Gasteiger partial charge is 0.223 e. The Morgan fingerprint density at radius 3 is 2.32 bits per heavy atom. The van der Waals surface area contributed by atoms with Crippen molar-refractivity contribution in [1.82, 2.24) is 10.1 Å². The van der Waals surface area contributed by atoms with Crippen LogP contribution in [0.5, 0.6) is 0 Å². The highest BCUT2D eigenvalue weighted by Gasteiger charge is 2.17. The fourth-order valence-electron chi connectivity index (χ4n) is 2.46. The molecule has 3 aromatic rings. The fraction of sp³-hybridized carbons (Fsp3) is 0.263. The summed E-state index contributed by atoms with van der Waals surface area (Å²) < 4.78 is 22.9. The molecule has 0 aliphatic heterocycles. The summed E-state index contributed by atoms with van der Waals surface area (Å²) in [6, 6.07) is 17.2. The number of hydrogen-bond acceptors (Lipinski definition) is 5. The van der Waals surface area contributed by atoms with Crippen LogP contribution in [0.4, 0.5) is 0 Å². The van der Waals surface area contributed by atoms with Gasteiger partial charge in [-0.1, -0.05) is 47.6 Å². The molecule has 3 rings (SSSR count). The number of benzene rings is 2. The molecule has 25 heavy (non-hydrogen) atoms. The van der Waals surface area contributed by atoms with Crippen molar-refractivity contribution in [3.63, 3.8) is 0 Å². The maximum Gasteiger partial charge on any atom is 0.223 e. The number of hydrogen-bond donors (Lipinski definition) is 0. The first kappa shape index (κ1) is 17.4. The number of aryl methyl sites for hydroxylation is 1. The third-order valence-corrected chi connectivity index (χ3v) is 6.64. The Hall–Kier alpha value is -2.47. The van der Waals surface area contributed by atoms with E-state index in [9.17, 15) is 4.21 Å². The molecule has 0 radical (unpaired) electrons. The van der Waals surface area contributed by atoms with Crippen LogP contribution in [0.15, 0.2) is 68.4 Å². The second-order valence-corrected chi connectivity index (χ2v) is 8.86. The zero-order valence-corrected chi connectivity index (χ0v) is 15.4. The van der Waals surface area contributed by atoms with Crippen LogP contribution in [-0.4, -0.2) is 19.6 Å². The number of rotatable bonds is 5. The van der Waals surface area contributed by atoms with Gasteiger partial charge in [0.05, 0.1) is 16.3 Å². The van der Waals surface area contributed by atoms with E-state index in [1.165, 1.54) is 0 Å². The molecule has 0 aliphatic carbocycles. The summed E-state index contributed by atoms with van der Waals surface area (Å²) in [5.41, 5.74) is 1.88. The molecule has 6 heteroatoms. The second kappa shape index (κ2) is 7.19. The van der Waals surface area contributed by atoms with Gasteiger partial charge in [0.25, 0.3) is 0 Å². The Bertz CT molecular complexity index is 954. The quantitative estimate of drug-likeness (QED) is 0.676. The normalized spacial score (nSPS) is 13.6. The summed E-state index contributed by atoms with van der Waals surface area (Å²) in [5.74, 6) is 1.10. The molecule has 2 aromatic carbocycles. The highest BCUT2D eigenvalue weighted by Crippen LogP contribution is 2.21. The lowest BCUT2D eigenvalue weighted by Gasteiger charge is -2.14. The average molecular weight is 355 g/mol. The van der Waals surface area contributed by atoms with Gasteiger partial charge in [0.1, 0.15) is 0 Å². The third-order valence-electron chi connectivity index (χ3n) is 3.90. The van der Waals surface area contributed by atoms with Gasteiger partial charge in [-0.2, -0.15) is 4.98 Å². The van der Waals surface area contributed by atoms with Crippen molar-refractivity contribution in [3.05, 3.63) is 66.1 Å². The maximum absolute atomic E-state index is 13.4. The fourth-order valence-corrected chi connectivity index (χ4v) is 4.34. The van der Waals surface area contributed by atoms with Crippen molar-refractivity contribution in [2.24, 2.45) is 4.36 Å². The first-order valence-electron chi connectivity index (χ1n) is 8.15. The molecule has 0 fully saturated rings. The van der Waals surface area contributed by atoms with E-state index in [-0.39, 0.29) is 5.25 Å². The molecular weight excluding hydrogens is 334 g/mol. The lowest BCUT2D eigenvalue weighted by atomic mass is 10.1. The van der Waals surface area contributed by atoms with Gasteiger partial charge in [-0.25, -0.2) is 8.57 Å². The summed E-state index contributed by atoms with van der Waals surface area (Å²) in [7, 11) is -2.46. The van der Waals surface area contributed by atoms with Crippen molar-refractivity contribution in [1.29, 1.82) is 0 Å². The highest BCUT2D eigenvalue weighted by atomic mass is 32.2. The Labute approximate surface area is 148 Å². The Morgan fingerprint density at radius 1 is 1.08 bits per heavy atom. The topological polar surface area (TPSA) is 68.3 Å². The van der Waals surface area contributed by atoms with Crippen LogP contribution in [0.25, 0.3) is 11.4 Å². The molecule has 1 aromatic heterocycles. The van der Waals surface area contributed by atoms with Crippen molar-refractivity contribution < 1.29 is 8.73 Å². The van der Waals surface area contributed by atoms with Crippen LogP contribution in [0.2, 0.25) is 0 Å². The molecule has 0 saturated heterocycles. The average Bonchev–Trinajstić information content (AvgIpc) is 3.07. The predicted molar refractivity (Wildman–Crippen MR) is 98.6 cm³/mol. The summed E-state index contributed by atoms with van der Waals surface area (Å²) in [6.07, 6.45) is 0. The minimum Gasteiger partial charge on any atom is -0.339 e. The summed E-state index contributed by atoms with van der Waals surface area (Å²) in [4.78, 5) is 4.99. The minimum atomic E-state index is -2.46. The molecule has 0 bridgehead atoms. The van der Waals surface area contributed by atoms with Crippen LogP contribution >= 0.6 is 0 Å². The molecule has 1 unspecified atom stereocenters. The van der Waals surface area contributed by atoms with Crippen molar-refractivity contribution in [2.45, 2.75) is 37.5 Å². The predicted octanol–water partition coefficient (Wildman–Crippen LogP) is 4.48. The van der Waals surface area contributed by atoms with Gasteiger partial charge in [0, 0.05) is 22.6 Å². The molecule has 130 valence electrons. The van der Waals surface area contributed by atoms with E-state index < -0.39 is 9.73 Å². The van der Waals surface area contributed by atoms with Crippen LogP contribution < -0.4 is 0 Å². The number of aromatic nitrogens is 2. The van der Waals surface area contributed by atoms with Gasteiger partial charge >= 0.3 is 0 Å². The Kier molecular flexibility index (Phi) is 4.99. The molecule has 0 aliphatic rings. The Balaban J connectivity index is 1.86. The van der Waals surface area contributed by atoms with Crippen LogP contribution in [0.1, 0.15) is 25.3 Å². The zero-order chi connectivity index (χ0) is 17.9. The molecule has 0 spiro atoms. The molecule has 0 saturated carbocycles. The van der Waals surface area contributed by atoms with Crippen LogP contribution in [0, 0.1) is 6.92 Å². The molecule has 0 N–H and O–H groups in total. The lowest BCUT2D eigenvalue weighted by molar-refractivity contribution is 0.394. The van der Waals surface area contributed by atoms with Gasteiger partial charge in [0.15, 0.2) is 0 Å². The standard InChI is InChI=1S/C19H21N3O2S/c1-14(2)25(23,18-7-5-4-6-8-18)20-13-16-9-11-17(12-10-16)19-21-15(3)24-22-19/h4-12,14H,13H2,1-3H3. The monoisotopic (exact) mass is 355 g/mol. The molecule has 1 atom stereocenters. The van der Waals surface area contributed by atoms with E-state index in [2.05, 4.69) is 14.5 Å². The van der Waals surface area contributed by atoms with Gasteiger partial charge in [-0.3, -0.25) is 0 Å². The van der Waals surface area contributed by atoms with Gasteiger partial charge < -0.3 is 4.52 Å². The summed E-state index contributed by atoms with van der Waals surface area (Å²) in [5, 5.41) is 3.85. The first-order chi connectivity index (χ1) is 12.0. The van der Waals surface area contributed by atoms with Crippen molar-refractivity contribution in [2.75, 3.05) is 0 Å². The van der Waals surface area contributed by atoms with E-state index in [0.29, 0.717) is 18.3 Å². The van der Waals surface area contributed by atoms with Crippen molar-refractivity contribution in [3.8, 4) is 11.4 Å². The Morgan fingerprint density at radius 2 is 1.76 bits per heavy atom. The second-order valence-electron chi connectivity index (χ2n) is 6.05. The van der Waals surface area contributed by atoms with Crippen LogP contribution in [-0.2, 0) is 16.3 Å². The van der Waals surface area contributed by atoms with E-state index in [1.54, 1.807) is 6.92 Å². The van der Waals surface area contributed by atoms with E-state index in [0.717, 1.165) is 16.0 Å². The molecular formula is C19H21N3O2S. The van der Waals surface area contributed by atoms with Crippen LogP contribution in [0.3, 0.4) is 0 Å². The zero-order valence-electron chi connectivity index (χ0n) is 14.5. The van der Waals surface area contributed by atoms with Gasteiger partial charge in [-0.15, -0.1) is 0 Å². The molecule has 1 heterocycles. The number of nitrogens with zero attached hydrogens (tertiary/aromatic N) is 3. The first-order valence-corrected chi connectivity index (χ1v) is 9.73. The maximum atomic E-state index is 13.4. The summed E-state index contributed by atoms with van der Waals surface area (Å²) >= 11 is 0. The molecule has 0 amide bonds. The lowest BCUT2D eigenvalue weighted by Crippen LogP contribution is -2.14. The van der Waals surface area contributed by atoms with E-state index in [4.69, 9.17) is 4.52 Å². The van der Waals surface area contributed by atoms with E-state index >= 15 is 0 Å². The van der Waals surface area contributed by atoms with E-state index in [1.807, 2.05) is 68.4 Å². The van der Waals surface area contributed by atoms with Crippen molar-refractivity contribution >= 4 is 9.73 Å². The minimum absolute atomic E-state index is 0.0588. The summed E-state index contributed by atoms with van der Waals surface area (Å²) in [6.45, 7) is 6.05. The SMILES string of the molecule is Cc1nc(-c2ccc(CN=S(=O)(c3ccccc3)C(C)C)cc2)no1. The molecule has 5 nitrogen and oxygen atoms in total.